The van der Waals surface area contributed by atoms with Crippen molar-refractivity contribution in [2.75, 3.05) is 0 Å². The number of benzene rings is 4. The molecule has 4 aromatic carbocycles. The summed E-state index contributed by atoms with van der Waals surface area (Å²) >= 11 is 0. The van der Waals surface area contributed by atoms with Crippen LogP contribution >= 0.6 is 0 Å². The number of aromatic nitrogens is 1. The van der Waals surface area contributed by atoms with E-state index >= 15 is 0 Å². The monoisotopic (exact) mass is 482 g/mol. The van der Waals surface area contributed by atoms with Crippen LogP contribution in [0.15, 0.2) is 120 Å². The van der Waals surface area contributed by atoms with E-state index in [1.165, 1.54) is 12.1 Å². The first kappa shape index (κ1) is 23.5. The van der Waals surface area contributed by atoms with Crippen LogP contribution in [0.1, 0.15) is 16.7 Å². The topological polar surface area (TPSA) is 84.2 Å². The quantitative estimate of drug-likeness (QED) is 0.138. The van der Waals surface area contributed by atoms with E-state index < -0.39 is 4.92 Å². The molecule has 0 aliphatic rings. The van der Waals surface area contributed by atoms with Crippen molar-refractivity contribution >= 4 is 17.7 Å². The lowest BCUT2D eigenvalue weighted by atomic mass is 9.98. The third-order valence-electron chi connectivity index (χ3n) is 6.08. The zero-order valence-corrected chi connectivity index (χ0v) is 19.9. The Morgan fingerprint density at radius 2 is 1.38 bits per heavy atom. The minimum Gasteiger partial charge on any atom is -0.320 e. The van der Waals surface area contributed by atoms with Gasteiger partial charge in [0.1, 0.15) is 11.6 Å². The number of nitriles is 1. The first-order chi connectivity index (χ1) is 18.2. The zero-order chi connectivity index (χ0) is 25.6. The lowest BCUT2D eigenvalue weighted by Crippen LogP contribution is -2.02. The van der Waals surface area contributed by atoms with Crippen LogP contribution in [0.2, 0.25) is 0 Å². The predicted octanol–water partition coefficient (Wildman–Crippen LogP) is 7.40. The second-order valence-corrected chi connectivity index (χ2v) is 8.44. The molecule has 0 fully saturated rings. The van der Waals surface area contributed by atoms with Gasteiger partial charge in [-0.25, -0.2) is 4.99 Å². The molecule has 5 aromatic rings. The van der Waals surface area contributed by atoms with Gasteiger partial charge in [0.05, 0.1) is 10.6 Å². The van der Waals surface area contributed by atoms with E-state index in [0.29, 0.717) is 23.5 Å². The molecular weight excluding hydrogens is 460 g/mol. The molecule has 0 radical (unpaired) electrons. The van der Waals surface area contributed by atoms with Gasteiger partial charge in [-0.1, -0.05) is 91.0 Å². The normalized spacial score (nSPS) is 10.9. The first-order valence-corrected chi connectivity index (χ1v) is 11.8. The standard InChI is InChI=1S/C31H22N4O2/c32-20-28-29(25-12-6-2-7-13-25)30(26-14-8-3-9-15-26)34(22-24-10-4-1-5-11-24)31(28)33-21-23-16-18-27(19-17-23)35(36)37/h1-19,21H,22H2/b33-21+. The second-order valence-electron chi connectivity index (χ2n) is 8.44. The molecule has 0 aliphatic heterocycles. The van der Waals surface area contributed by atoms with Gasteiger partial charge in [-0.3, -0.25) is 10.1 Å². The molecule has 0 aliphatic carbocycles. The fourth-order valence-corrected chi connectivity index (χ4v) is 4.37. The molecule has 0 amide bonds. The Labute approximate surface area is 214 Å². The predicted molar refractivity (Wildman–Crippen MR) is 146 cm³/mol. The molecule has 178 valence electrons. The van der Waals surface area contributed by atoms with Gasteiger partial charge in [-0.05, 0) is 34.4 Å². The molecule has 1 aromatic heterocycles. The van der Waals surface area contributed by atoms with Crippen LogP contribution in [0.25, 0.3) is 22.4 Å². The minimum absolute atomic E-state index is 0.0139. The number of nitrogens with zero attached hydrogens (tertiary/aromatic N) is 4. The van der Waals surface area contributed by atoms with Crippen molar-refractivity contribution in [2.24, 2.45) is 4.99 Å². The molecule has 37 heavy (non-hydrogen) atoms. The number of hydrogen-bond acceptors (Lipinski definition) is 4. The van der Waals surface area contributed by atoms with Crippen LogP contribution in [0, 0.1) is 21.4 Å². The smallest absolute Gasteiger partial charge is 0.269 e. The molecule has 0 saturated heterocycles. The maximum absolute atomic E-state index is 11.0. The van der Waals surface area contributed by atoms with Crippen LogP contribution in [0.4, 0.5) is 11.5 Å². The van der Waals surface area contributed by atoms with E-state index in [2.05, 4.69) is 10.6 Å². The Balaban J connectivity index is 1.76. The number of rotatable bonds is 7. The Morgan fingerprint density at radius 3 is 1.95 bits per heavy atom. The summed E-state index contributed by atoms with van der Waals surface area (Å²) in [7, 11) is 0. The number of aliphatic imine (C=N–C) groups is 1. The molecule has 0 unspecified atom stereocenters. The molecule has 1 heterocycles. The van der Waals surface area contributed by atoms with Crippen LogP contribution < -0.4 is 0 Å². The van der Waals surface area contributed by atoms with Gasteiger partial charge < -0.3 is 4.57 Å². The lowest BCUT2D eigenvalue weighted by molar-refractivity contribution is -0.384. The van der Waals surface area contributed by atoms with Crippen molar-refractivity contribution in [3.05, 3.63) is 142 Å². The molecule has 0 N–H and O–H groups in total. The maximum atomic E-state index is 11.0. The van der Waals surface area contributed by atoms with Gasteiger partial charge >= 0.3 is 0 Å². The minimum atomic E-state index is -0.433. The van der Waals surface area contributed by atoms with E-state index in [9.17, 15) is 15.4 Å². The molecule has 0 atom stereocenters. The van der Waals surface area contributed by atoms with Crippen molar-refractivity contribution in [3.8, 4) is 28.5 Å². The van der Waals surface area contributed by atoms with E-state index in [0.717, 1.165) is 27.9 Å². The highest BCUT2D eigenvalue weighted by Gasteiger charge is 2.25. The van der Waals surface area contributed by atoms with Crippen molar-refractivity contribution in [1.29, 1.82) is 5.26 Å². The average molecular weight is 483 g/mol. The zero-order valence-electron chi connectivity index (χ0n) is 19.9. The Hall–Kier alpha value is -5.28. The molecule has 0 spiro atoms. The summed E-state index contributed by atoms with van der Waals surface area (Å²) in [6.07, 6.45) is 1.64. The molecule has 0 saturated carbocycles. The number of nitro groups is 1. The largest absolute Gasteiger partial charge is 0.320 e. The fourth-order valence-electron chi connectivity index (χ4n) is 4.37. The number of nitro benzene ring substituents is 1. The van der Waals surface area contributed by atoms with Crippen LogP contribution in [-0.2, 0) is 6.54 Å². The van der Waals surface area contributed by atoms with Gasteiger partial charge in [0.2, 0.25) is 0 Å². The first-order valence-electron chi connectivity index (χ1n) is 11.8. The highest BCUT2D eigenvalue weighted by atomic mass is 16.6. The summed E-state index contributed by atoms with van der Waals surface area (Å²) in [6.45, 7) is 0.513. The van der Waals surface area contributed by atoms with Crippen molar-refractivity contribution < 1.29 is 4.92 Å². The van der Waals surface area contributed by atoms with E-state index in [-0.39, 0.29) is 5.69 Å². The van der Waals surface area contributed by atoms with Crippen molar-refractivity contribution in [2.45, 2.75) is 6.54 Å². The maximum Gasteiger partial charge on any atom is 0.269 e. The highest BCUT2D eigenvalue weighted by Crippen LogP contribution is 2.43. The van der Waals surface area contributed by atoms with Gasteiger partial charge in [-0.15, -0.1) is 0 Å². The second kappa shape index (κ2) is 10.5. The van der Waals surface area contributed by atoms with Crippen molar-refractivity contribution in [1.82, 2.24) is 4.57 Å². The van der Waals surface area contributed by atoms with E-state index in [1.54, 1.807) is 18.3 Å². The third kappa shape index (κ3) is 4.93. The Morgan fingerprint density at radius 1 is 0.811 bits per heavy atom. The highest BCUT2D eigenvalue weighted by molar-refractivity contribution is 5.92. The number of hydrogen-bond donors (Lipinski definition) is 0. The van der Waals surface area contributed by atoms with E-state index in [4.69, 9.17) is 4.99 Å². The summed E-state index contributed by atoms with van der Waals surface area (Å²) in [5.74, 6) is 0.530. The molecular formula is C31H22N4O2. The molecule has 0 bridgehead atoms. The Kier molecular flexibility index (Phi) is 6.69. The summed E-state index contributed by atoms with van der Waals surface area (Å²) in [5, 5.41) is 21.4. The van der Waals surface area contributed by atoms with Gasteiger partial charge in [0.15, 0.2) is 5.82 Å². The fraction of sp³-hybridized carbons (Fsp3) is 0.0323. The average Bonchev–Trinajstić information content (AvgIpc) is 3.26. The Bertz CT molecular complexity index is 1600. The lowest BCUT2D eigenvalue weighted by Gasteiger charge is -2.13. The summed E-state index contributed by atoms with van der Waals surface area (Å²) in [6, 6.07) is 38.5. The summed E-state index contributed by atoms with van der Waals surface area (Å²) < 4.78 is 2.08. The summed E-state index contributed by atoms with van der Waals surface area (Å²) in [4.78, 5) is 15.4. The molecule has 6 nitrogen and oxygen atoms in total. The third-order valence-corrected chi connectivity index (χ3v) is 6.08. The van der Waals surface area contributed by atoms with Gasteiger partial charge in [0.25, 0.3) is 5.69 Å². The van der Waals surface area contributed by atoms with Gasteiger partial charge in [-0.2, -0.15) is 5.26 Å². The SMILES string of the molecule is N#Cc1c(-c2ccccc2)c(-c2ccccc2)n(Cc2ccccc2)c1/N=C/c1ccc([N+](=O)[O-])cc1. The molecule has 6 heteroatoms. The van der Waals surface area contributed by atoms with E-state index in [1.807, 2.05) is 91.0 Å². The molecule has 5 rings (SSSR count). The van der Waals surface area contributed by atoms with Crippen LogP contribution in [0.5, 0.6) is 0 Å². The van der Waals surface area contributed by atoms with Crippen LogP contribution in [0.3, 0.4) is 0 Å². The number of non-ortho nitro benzene ring substituents is 1. The van der Waals surface area contributed by atoms with Crippen LogP contribution in [-0.4, -0.2) is 15.7 Å². The van der Waals surface area contributed by atoms with Gasteiger partial charge in [0, 0.05) is 30.5 Å². The van der Waals surface area contributed by atoms with Crippen molar-refractivity contribution in [3.63, 3.8) is 0 Å². The summed E-state index contributed by atoms with van der Waals surface area (Å²) in [5.41, 5.74) is 5.89.